The van der Waals surface area contributed by atoms with Crippen LogP contribution in [0.3, 0.4) is 0 Å². The molecule has 3 heterocycles. The van der Waals surface area contributed by atoms with Gasteiger partial charge in [-0.1, -0.05) is 140 Å². The Morgan fingerprint density at radius 3 is 1.89 bits per heavy atom. The second-order valence-corrected chi connectivity index (χ2v) is 20.5. The van der Waals surface area contributed by atoms with Crippen LogP contribution < -0.4 is 15.8 Å². The van der Waals surface area contributed by atoms with Gasteiger partial charge in [-0.3, -0.25) is 0 Å². The van der Waals surface area contributed by atoms with Gasteiger partial charge in [0, 0.05) is 55.6 Å². The van der Waals surface area contributed by atoms with Gasteiger partial charge in [0.25, 0.3) is 0 Å². The summed E-state index contributed by atoms with van der Waals surface area (Å²) in [6.45, 7) is 24.3. The van der Waals surface area contributed by atoms with Gasteiger partial charge in [0.15, 0.2) is 0 Å². The van der Waals surface area contributed by atoms with Crippen LogP contribution in [0.1, 0.15) is 113 Å². The highest BCUT2D eigenvalue weighted by Gasteiger charge is 2.50. The summed E-state index contributed by atoms with van der Waals surface area (Å²) < 4.78 is 2.82. The molecule has 0 saturated carbocycles. The highest BCUT2D eigenvalue weighted by atomic mass is 15.2. The normalized spacial score (nSPS) is 18.7. The molecule has 280 valence electrons. The first-order valence-electron chi connectivity index (χ1n) is 21.3. The molecule has 0 amide bonds. The zero-order valence-corrected chi connectivity index (χ0v) is 35.2. The van der Waals surface area contributed by atoms with E-state index in [0.29, 0.717) is 0 Å². The smallest absolute Gasteiger partial charge is 0.332 e. The monoisotopic (exact) mass is 738 g/mol. The summed E-state index contributed by atoms with van der Waals surface area (Å²) in [6, 6.07) is 40.9. The van der Waals surface area contributed by atoms with Crippen LogP contribution in [0.4, 0.5) is 17.1 Å². The van der Waals surface area contributed by atoms with E-state index >= 15 is 0 Å². The van der Waals surface area contributed by atoms with Crippen molar-refractivity contribution in [3.63, 3.8) is 0 Å². The molecular weight excluding hydrogens is 687 g/mol. The van der Waals surface area contributed by atoms with E-state index < -0.39 is 0 Å². The number of rotatable bonds is 1. The molecule has 3 aliphatic carbocycles. The summed E-state index contributed by atoms with van der Waals surface area (Å²) in [5.41, 5.74) is 27.8. The van der Waals surface area contributed by atoms with Crippen molar-refractivity contribution in [2.75, 3.05) is 4.90 Å². The van der Waals surface area contributed by atoms with E-state index in [0.717, 1.165) is 0 Å². The van der Waals surface area contributed by atoms with Crippen molar-refractivity contribution in [2.45, 2.75) is 104 Å². The van der Waals surface area contributed by atoms with Gasteiger partial charge in [-0.05, 0) is 128 Å². The van der Waals surface area contributed by atoms with E-state index in [1.165, 1.54) is 130 Å². The van der Waals surface area contributed by atoms with Crippen LogP contribution in [-0.4, -0.2) is 11.3 Å². The van der Waals surface area contributed by atoms with Gasteiger partial charge in [0.1, 0.15) is 0 Å². The quantitative estimate of drug-likeness (QED) is 0.152. The summed E-state index contributed by atoms with van der Waals surface area (Å²) in [5.74, 6) is 0. The Labute approximate surface area is 338 Å². The number of hydrogen-bond acceptors (Lipinski definition) is 1. The van der Waals surface area contributed by atoms with Gasteiger partial charge in [0.05, 0.1) is 0 Å². The molecule has 0 saturated heterocycles. The molecule has 6 aromatic carbocycles. The summed E-state index contributed by atoms with van der Waals surface area (Å²) in [5, 5.41) is 1.38. The Balaban J connectivity index is 1.24. The van der Waals surface area contributed by atoms with Gasteiger partial charge >= 0.3 is 6.85 Å². The second kappa shape index (κ2) is 10.4. The fourth-order valence-corrected chi connectivity index (χ4v) is 12.5. The lowest BCUT2D eigenvalue weighted by molar-refractivity contribution is 0.332. The molecule has 0 bridgehead atoms. The molecule has 0 radical (unpaired) electrons. The minimum Gasteiger partial charge on any atom is -0.378 e. The minimum absolute atomic E-state index is 0.0229. The van der Waals surface area contributed by atoms with Crippen LogP contribution in [-0.2, 0) is 21.7 Å². The summed E-state index contributed by atoms with van der Waals surface area (Å²) in [7, 11) is 0. The molecule has 0 spiro atoms. The minimum atomic E-state index is -0.165. The zero-order valence-electron chi connectivity index (χ0n) is 35.2. The number of benzene rings is 6. The summed E-state index contributed by atoms with van der Waals surface area (Å²) >= 11 is 0. The maximum Gasteiger partial charge on any atom is 0.332 e. The van der Waals surface area contributed by atoms with Crippen LogP contribution in [0, 0.1) is 13.8 Å². The molecular formula is C54H51BN2. The van der Waals surface area contributed by atoms with Crippen LogP contribution in [0.5, 0.6) is 0 Å². The molecule has 0 unspecified atom stereocenters. The van der Waals surface area contributed by atoms with Crippen molar-refractivity contribution < 1.29 is 0 Å². The van der Waals surface area contributed by atoms with Crippen molar-refractivity contribution in [3.8, 4) is 33.4 Å². The van der Waals surface area contributed by atoms with Crippen molar-refractivity contribution in [1.29, 1.82) is 0 Å². The second-order valence-electron chi connectivity index (χ2n) is 20.5. The standard InChI is InChI=1S/C54H51BN2/c1-30-24-37-33-18-15-19-35-47-34-17-12-14-21-39(34)54(9,10)50(47)57(49(33)35)55-43-28-40-36(32-16-11-13-20-38(32)53(40,7)8)27-45(43)56(46(25-30)48(37)55)44-29-42-41(26-31(44)2)51(3,4)22-23-52(42,5)6/h11-21,24-29H,22-23H2,1-10H3. The highest BCUT2D eigenvalue weighted by molar-refractivity contribution is 6.89. The van der Waals surface area contributed by atoms with E-state index in [1.54, 1.807) is 0 Å². The van der Waals surface area contributed by atoms with Crippen molar-refractivity contribution in [1.82, 2.24) is 4.48 Å². The molecule has 0 atom stereocenters. The lowest BCUT2D eigenvalue weighted by Gasteiger charge is -2.45. The van der Waals surface area contributed by atoms with E-state index in [4.69, 9.17) is 0 Å². The topological polar surface area (TPSA) is 8.17 Å². The van der Waals surface area contributed by atoms with Crippen molar-refractivity contribution >= 4 is 45.7 Å². The average molecular weight is 739 g/mol. The third-order valence-electron chi connectivity index (χ3n) is 15.5. The number of aryl methyl sites for hydroxylation is 2. The molecule has 5 aliphatic rings. The molecule has 2 aliphatic heterocycles. The molecule has 2 nitrogen and oxygen atoms in total. The maximum atomic E-state index is 2.82. The van der Waals surface area contributed by atoms with Gasteiger partial charge in [-0.25, -0.2) is 0 Å². The first-order valence-corrected chi connectivity index (χ1v) is 21.3. The molecule has 57 heavy (non-hydrogen) atoms. The fraction of sp³-hybridized carbons (Fsp3) is 0.296. The number of anilines is 3. The Morgan fingerprint density at radius 2 is 1.16 bits per heavy atom. The van der Waals surface area contributed by atoms with Gasteiger partial charge in [-0.2, -0.15) is 0 Å². The number of nitrogens with zero attached hydrogens (tertiary/aromatic N) is 2. The van der Waals surface area contributed by atoms with E-state index in [2.05, 4.69) is 182 Å². The average Bonchev–Trinajstić information content (AvgIpc) is 3.73. The number of aromatic nitrogens is 1. The third-order valence-corrected chi connectivity index (χ3v) is 15.5. The first kappa shape index (κ1) is 33.8. The Hall–Kier alpha value is -5.28. The molecule has 1 aromatic heterocycles. The molecule has 7 aromatic rings. The number of hydrogen-bond donors (Lipinski definition) is 0. The van der Waals surface area contributed by atoms with Crippen LogP contribution in [0.25, 0.3) is 44.3 Å². The predicted octanol–water partition coefficient (Wildman–Crippen LogP) is 12.6. The maximum absolute atomic E-state index is 2.82. The Kier molecular flexibility index (Phi) is 6.18. The SMILES string of the molecule is Cc1cc2c3c(c1)N(c1cc4c(cc1C)C(C)(C)CCC4(C)C)c1cc4c(cc1B3n1c3c(c5cccc-2c51)-c1ccccc1C3(C)C)C(C)(C)c1ccccc1-4. The van der Waals surface area contributed by atoms with E-state index in [9.17, 15) is 0 Å². The summed E-state index contributed by atoms with van der Waals surface area (Å²) in [6.07, 6.45) is 2.40. The van der Waals surface area contributed by atoms with Gasteiger partial charge < -0.3 is 9.38 Å². The zero-order chi connectivity index (χ0) is 39.3. The highest BCUT2D eigenvalue weighted by Crippen LogP contribution is 2.58. The lowest BCUT2D eigenvalue weighted by Crippen LogP contribution is -2.58. The van der Waals surface area contributed by atoms with Crippen LogP contribution in [0.15, 0.2) is 103 Å². The summed E-state index contributed by atoms with van der Waals surface area (Å²) in [4.78, 5) is 2.70. The Morgan fingerprint density at radius 1 is 0.509 bits per heavy atom. The number of para-hydroxylation sites is 1. The van der Waals surface area contributed by atoms with Gasteiger partial charge in [0.2, 0.25) is 0 Å². The van der Waals surface area contributed by atoms with Gasteiger partial charge in [-0.15, -0.1) is 0 Å². The Bertz CT molecular complexity index is 3000. The fourth-order valence-electron chi connectivity index (χ4n) is 12.5. The molecule has 0 fully saturated rings. The first-order chi connectivity index (χ1) is 27.1. The molecule has 12 rings (SSSR count). The van der Waals surface area contributed by atoms with E-state index in [1.807, 2.05) is 0 Å². The largest absolute Gasteiger partial charge is 0.378 e. The lowest BCUT2D eigenvalue weighted by atomic mass is 9.44. The third kappa shape index (κ3) is 3.99. The van der Waals surface area contributed by atoms with Crippen LogP contribution >= 0.6 is 0 Å². The molecule has 3 heteroatoms. The predicted molar refractivity (Wildman–Crippen MR) is 242 cm³/mol. The molecule has 0 N–H and O–H groups in total. The van der Waals surface area contributed by atoms with Crippen molar-refractivity contribution in [3.05, 3.63) is 148 Å². The van der Waals surface area contributed by atoms with Crippen LogP contribution in [0.2, 0.25) is 0 Å². The van der Waals surface area contributed by atoms with E-state index in [-0.39, 0.29) is 28.5 Å². The number of fused-ring (bicyclic) bond motifs is 13. The van der Waals surface area contributed by atoms with Crippen molar-refractivity contribution in [2.24, 2.45) is 0 Å².